The van der Waals surface area contributed by atoms with Crippen LogP contribution in [0.1, 0.15) is 58.9 Å². The third kappa shape index (κ3) is 9.15. The number of nitriles is 1. The van der Waals surface area contributed by atoms with Crippen LogP contribution in [0.2, 0.25) is 0 Å². The van der Waals surface area contributed by atoms with Crippen molar-refractivity contribution in [1.29, 1.82) is 5.26 Å². The molecule has 0 N–H and O–H groups in total. The van der Waals surface area contributed by atoms with E-state index in [1.807, 2.05) is 42.2 Å². The van der Waals surface area contributed by atoms with Crippen LogP contribution in [0.5, 0.6) is 11.5 Å². The van der Waals surface area contributed by atoms with Gasteiger partial charge in [0.1, 0.15) is 11.5 Å². The highest BCUT2D eigenvalue weighted by atomic mass is 32.1. The highest BCUT2D eigenvalue weighted by Crippen LogP contribution is 2.30. The van der Waals surface area contributed by atoms with E-state index in [1.54, 1.807) is 41.9 Å². The van der Waals surface area contributed by atoms with E-state index in [-0.39, 0.29) is 5.91 Å². The number of ether oxygens (including phenoxy) is 2. The predicted octanol–water partition coefficient (Wildman–Crippen LogP) is 7.35. The Morgan fingerprint density at radius 1 is 0.976 bits per heavy atom. The smallest absolute Gasteiger partial charge is 0.255 e. The molecule has 2 heterocycles. The lowest BCUT2D eigenvalue weighted by atomic mass is 10.1. The maximum absolute atomic E-state index is 13.2. The molecule has 0 aliphatic heterocycles. The molecule has 218 valence electrons. The van der Waals surface area contributed by atoms with Gasteiger partial charge >= 0.3 is 0 Å². The molecule has 1 amide bonds. The van der Waals surface area contributed by atoms with Gasteiger partial charge in [0.15, 0.2) is 0 Å². The van der Waals surface area contributed by atoms with E-state index in [4.69, 9.17) is 19.7 Å². The minimum absolute atomic E-state index is 0.0138. The van der Waals surface area contributed by atoms with Crippen LogP contribution in [0.4, 0.5) is 0 Å². The molecule has 0 aliphatic rings. The minimum atomic E-state index is 0.0138. The highest BCUT2D eigenvalue weighted by molar-refractivity contribution is 7.12. The van der Waals surface area contributed by atoms with Gasteiger partial charge in [0.05, 0.1) is 41.1 Å². The molecule has 4 rings (SSSR count). The van der Waals surface area contributed by atoms with E-state index >= 15 is 0 Å². The Kier molecular flexibility index (Phi) is 11.5. The van der Waals surface area contributed by atoms with Gasteiger partial charge in [-0.15, -0.1) is 11.3 Å². The number of hydrogen-bond donors (Lipinski definition) is 0. The van der Waals surface area contributed by atoms with Crippen LogP contribution in [0.25, 0.3) is 11.3 Å². The molecule has 4 aromatic rings. The fourth-order valence-corrected chi connectivity index (χ4v) is 5.53. The van der Waals surface area contributed by atoms with Crippen molar-refractivity contribution in [3.8, 4) is 28.8 Å². The van der Waals surface area contributed by atoms with Crippen LogP contribution in [0, 0.1) is 24.2 Å². The van der Waals surface area contributed by atoms with Gasteiger partial charge in [0.2, 0.25) is 0 Å². The third-order valence-electron chi connectivity index (χ3n) is 6.63. The highest BCUT2D eigenvalue weighted by Gasteiger charge is 2.19. The number of nitrogens with zero attached hydrogens (tertiary/aromatic N) is 4. The number of hydrogen-bond acceptors (Lipinski definition) is 7. The normalized spacial score (nSPS) is 10.8. The van der Waals surface area contributed by atoms with Crippen molar-refractivity contribution < 1.29 is 14.3 Å². The molecule has 0 saturated heterocycles. The van der Waals surface area contributed by atoms with Crippen LogP contribution in [0.3, 0.4) is 0 Å². The van der Waals surface area contributed by atoms with E-state index in [0.29, 0.717) is 43.3 Å². The van der Waals surface area contributed by atoms with E-state index in [9.17, 15) is 4.79 Å². The molecule has 0 atom stereocenters. The maximum Gasteiger partial charge on any atom is 0.255 e. The predicted molar refractivity (Wildman–Crippen MR) is 167 cm³/mol. The van der Waals surface area contributed by atoms with Crippen LogP contribution < -0.4 is 9.47 Å². The lowest BCUT2D eigenvalue weighted by Crippen LogP contribution is -2.36. The summed E-state index contributed by atoms with van der Waals surface area (Å²) in [4.78, 5) is 25.2. The number of amides is 1. The van der Waals surface area contributed by atoms with Crippen molar-refractivity contribution in [2.75, 3.05) is 26.3 Å². The maximum atomic E-state index is 13.2. The topological polar surface area (TPSA) is 88.3 Å². The average Bonchev–Trinajstić information content (AvgIpc) is 3.39. The molecule has 0 fully saturated rings. The van der Waals surface area contributed by atoms with Crippen molar-refractivity contribution in [3.05, 3.63) is 94.1 Å². The number of carbonyl (C=O) groups excluding carboxylic acids is 1. The van der Waals surface area contributed by atoms with E-state index < -0.39 is 0 Å². The van der Waals surface area contributed by atoms with Gasteiger partial charge in [-0.2, -0.15) is 5.26 Å². The molecule has 2 aromatic carbocycles. The summed E-state index contributed by atoms with van der Waals surface area (Å²) in [5, 5.41) is 9.88. The molecule has 0 aliphatic carbocycles. The first-order valence-electron chi connectivity index (χ1n) is 14.4. The molecule has 0 saturated carbocycles. The zero-order valence-corrected chi connectivity index (χ0v) is 25.4. The molecule has 0 radical (unpaired) electrons. The van der Waals surface area contributed by atoms with Crippen molar-refractivity contribution in [1.82, 2.24) is 14.9 Å². The van der Waals surface area contributed by atoms with Gasteiger partial charge in [-0.25, -0.2) is 4.98 Å². The molecule has 8 heteroatoms. The standard InChI is InChI=1S/C34H38N4O3S/c1-25(2)24-38(34(39)29-8-7-18-36-23-29)19-17-32-33(37-26(3)42-32)28-11-15-31(16-12-28)41-21-6-4-5-20-40-30-13-9-27(22-35)10-14-30/h7-16,18,23,25H,4-6,17,19-21,24H2,1-3H3. The number of thiazole rings is 1. The van der Waals surface area contributed by atoms with Gasteiger partial charge in [-0.1, -0.05) is 13.8 Å². The molecular weight excluding hydrogens is 544 g/mol. The summed E-state index contributed by atoms with van der Waals surface area (Å²) in [5.41, 5.74) is 3.28. The number of aromatic nitrogens is 2. The Hall–Kier alpha value is -4.22. The van der Waals surface area contributed by atoms with Crippen molar-refractivity contribution >= 4 is 17.2 Å². The SMILES string of the molecule is Cc1nc(-c2ccc(OCCCCCOc3ccc(C#N)cc3)cc2)c(CCN(CC(C)C)C(=O)c2cccnc2)s1. The third-order valence-corrected chi connectivity index (χ3v) is 7.66. The molecule has 0 spiro atoms. The lowest BCUT2D eigenvalue weighted by molar-refractivity contribution is 0.0738. The Balaban J connectivity index is 1.25. The van der Waals surface area contributed by atoms with Gasteiger partial charge < -0.3 is 14.4 Å². The van der Waals surface area contributed by atoms with Crippen LogP contribution in [-0.2, 0) is 6.42 Å². The van der Waals surface area contributed by atoms with Crippen LogP contribution in [0.15, 0.2) is 73.1 Å². The second kappa shape index (κ2) is 15.7. The second-order valence-electron chi connectivity index (χ2n) is 10.6. The lowest BCUT2D eigenvalue weighted by Gasteiger charge is -2.24. The first kappa shape index (κ1) is 30.7. The zero-order chi connectivity index (χ0) is 29.7. The molecule has 7 nitrogen and oxygen atoms in total. The Morgan fingerprint density at radius 2 is 1.64 bits per heavy atom. The minimum Gasteiger partial charge on any atom is -0.494 e. The van der Waals surface area contributed by atoms with Gasteiger partial charge in [-0.3, -0.25) is 9.78 Å². The number of carbonyl (C=O) groups is 1. The molecule has 0 unspecified atom stereocenters. The summed E-state index contributed by atoms with van der Waals surface area (Å²) in [6.45, 7) is 8.89. The molecule has 0 bridgehead atoms. The first-order valence-corrected chi connectivity index (χ1v) is 15.3. The second-order valence-corrected chi connectivity index (χ2v) is 11.8. The number of aryl methyl sites for hydroxylation is 1. The summed E-state index contributed by atoms with van der Waals surface area (Å²) in [6, 6.07) is 21.0. The number of unbranched alkanes of at least 4 members (excludes halogenated alkanes) is 2. The van der Waals surface area contributed by atoms with Crippen molar-refractivity contribution in [3.63, 3.8) is 0 Å². The Morgan fingerprint density at radius 3 is 2.24 bits per heavy atom. The summed E-state index contributed by atoms with van der Waals surface area (Å²) in [6.07, 6.45) is 6.95. The number of benzene rings is 2. The van der Waals surface area contributed by atoms with E-state index in [1.165, 1.54) is 4.88 Å². The van der Waals surface area contributed by atoms with Crippen molar-refractivity contribution in [2.24, 2.45) is 5.92 Å². The summed E-state index contributed by atoms with van der Waals surface area (Å²) in [5.74, 6) is 2.00. The number of rotatable bonds is 15. The monoisotopic (exact) mass is 582 g/mol. The zero-order valence-electron chi connectivity index (χ0n) is 24.6. The molecule has 2 aromatic heterocycles. The average molecular weight is 583 g/mol. The summed E-state index contributed by atoms with van der Waals surface area (Å²) < 4.78 is 11.7. The molecule has 42 heavy (non-hydrogen) atoms. The fraction of sp³-hybridized carbons (Fsp3) is 0.353. The van der Waals surface area contributed by atoms with Crippen LogP contribution >= 0.6 is 11.3 Å². The molecular formula is C34H38N4O3S. The van der Waals surface area contributed by atoms with Crippen LogP contribution in [-0.4, -0.2) is 47.1 Å². The van der Waals surface area contributed by atoms with Gasteiger partial charge in [0, 0.05) is 42.3 Å². The van der Waals surface area contributed by atoms with Gasteiger partial charge in [-0.05, 0) is 92.8 Å². The Bertz CT molecular complexity index is 1450. The quantitative estimate of drug-likeness (QED) is 0.136. The Labute approximate surface area is 252 Å². The number of pyridine rings is 1. The summed E-state index contributed by atoms with van der Waals surface area (Å²) in [7, 11) is 0. The van der Waals surface area contributed by atoms with Gasteiger partial charge in [0.25, 0.3) is 5.91 Å². The largest absolute Gasteiger partial charge is 0.494 e. The van der Waals surface area contributed by atoms with E-state index in [0.717, 1.165) is 53.4 Å². The first-order chi connectivity index (χ1) is 20.4. The summed E-state index contributed by atoms with van der Waals surface area (Å²) >= 11 is 1.69. The van der Waals surface area contributed by atoms with E-state index in [2.05, 4.69) is 37.0 Å². The fourth-order valence-electron chi connectivity index (χ4n) is 4.58. The van der Waals surface area contributed by atoms with Crippen molar-refractivity contribution in [2.45, 2.75) is 46.5 Å².